The number of nitro groups is 2. The molecular weight excluding hydrogens is 507 g/mol. The van der Waals surface area contributed by atoms with Gasteiger partial charge in [0.25, 0.3) is 11.4 Å². The van der Waals surface area contributed by atoms with Gasteiger partial charge in [0, 0.05) is 44.2 Å². The Morgan fingerprint density at radius 3 is 2.11 bits per heavy atom. The number of H-pyrrole nitrogens is 2. The van der Waals surface area contributed by atoms with Crippen LogP contribution >= 0.6 is 43.5 Å². The van der Waals surface area contributed by atoms with Gasteiger partial charge in [-0.15, -0.1) is 0 Å². The predicted octanol–water partition coefficient (Wildman–Crippen LogP) is 6.33. The van der Waals surface area contributed by atoms with Crippen LogP contribution in [-0.2, 0) is 0 Å². The lowest BCUT2D eigenvalue weighted by Crippen LogP contribution is -1.89. The van der Waals surface area contributed by atoms with Gasteiger partial charge in [-0.25, -0.2) is 0 Å². The highest BCUT2D eigenvalue weighted by atomic mass is 79.9. The molecule has 0 aliphatic carbocycles. The monoisotopic (exact) mass is 514 g/mol. The van der Waals surface area contributed by atoms with Gasteiger partial charge in [0.1, 0.15) is 11.0 Å². The van der Waals surface area contributed by atoms with E-state index in [2.05, 4.69) is 41.8 Å². The van der Waals surface area contributed by atoms with E-state index in [0.717, 1.165) is 5.39 Å². The molecule has 0 saturated heterocycles. The van der Waals surface area contributed by atoms with Crippen LogP contribution < -0.4 is 0 Å². The van der Waals surface area contributed by atoms with E-state index in [0.29, 0.717) is 30.4 Å². The summed E-state index contributed by atoms with van der Waals surface area (Å²) in [6.45, 7) is 0. The summed E-state index contributed by atoms with van der Waals surface area (Å²) < 4.78 is 1.35. The van der Waals surface area contributed by atoms with E-state index in [9.17, 15) is 20.2 Å². The fourth-order valence-corrected chi connectivity index (χ4v) is 3.66. The Labute approximate surface area is 173 Å². The van der Waals surface area contributed by atoms with Crippen LogP contribution in [0.15, 0.2) is 51.7 Å². The SMILES string of the molecule is O=[N+]([O-])c1cc(Br)cc2c(Cl)c[nH]c12.O=[N+]([O-])c1cc(Br)cc2cc[nH]c12. The molecule has 8 nitrogen and oxygen atoms in total. The number of rotatable bonds is 2. The van der Waals surface area contributed by atoms with Crippen molar-refractivity contribution in [3.8, 4) is 0 Å². The molecule has 11 heteroatoms. The van der Waals surface area contributed by atoms with Crippen molar-refractivity contribution in [3.05, 3.63) is 76.9 Å². The third-order valence-electron chi connectivity index (χ3n) is 3.68. The number of aromatic amines is 2. The van der Waals surface area contributed by atoms with Crippen LogP contribution in [-0.4, -0.2) is 19.8 Å². The first-order valence-electron chi connectivity index (χ1n) is 7.29. The van der Waals surface area contributed by atoms with E-state index >= 15 is 0 Å². The minimum atomic E-state index is -0.445. The summed E-state index contributed by atoms with van der Waals surface area (Å²) in [6, 6.07) is 8.29. The van der Waals surface area contributed by atoms with Gasteiger partial charge in [-0.1, -0.05) is 43.5 Å². The first kappa shape index (κ1) is 19.3. The Kier molecular flexibility index (Phi) is 5.49. The average molecular weight is 517 g/mol. The van der Waals surface area contributed by atoms with Crippen molar-refractivity contribution in [2.45, 2.75) is 0 Å². The molecule has 0 atom stereocenters. The molecular formula is C16H9Br2ClN4O4. The standard InChI is InChI=1S/C8H4BrClN2O2.C8H5BrN2O2/c9-4-1-5-6(10)3-11-8(5)7(2-4)12(13)14;9-6-3-5-1-2-10-8(5)7(4-6)11(12)13/h1-3,11H;1-4,10H. The molecule has 27 heavy (non-hydrogen) atoms. The molecule has 0 aliphatic rings. The van der Waals surface area contributed by atoms with E-state index in [1.54, 1.807) is 18.3 Å². The number of benzene rings is 2. The lowest BCUT2D eigenvalue weighted by Gasteiger charge is -1.95. The van der Waals surface area contributed by atoms with Gasteiger partial charge in [-0.05, 0) is 18.2 Å². The van der Waals surface area contributed by atoms with E-state index in [1.807, 2.05) is 6.07 Å². The van der Waals surface area contributed by atoms with Crippen LogP contribution in [0.1, 0.15) is 0 Å². The number of fused-ring (bicyclic) bond motifs is 2. The number of halogens is 3. The van der Waals surface area contributed by atoms with Crippen molar-refractivity contribution in [1.82, 2.24) is 9.97 Å². The lowest BCUT2D eigenvalue weighted by atomic mass is 10.2. The van der Waals surface area contributed by atoms with Crippen LogP contribution in [0.4, 0.5) is 11.4 Å². The Hall–Kier alpha value is -2.43. The van der Waals surface area contributed by atoms with Crippen LogP contribution in [0.25, 0.3) is 21.8 Å². The molecule has 2 aromatic carbocycles. The van der Waals surface area contributed by atoms with Gasteiger partial charge in [0.15, 0.2) is 0 Å². The summed E-state index contributed by atoms with van der Waals surface area (Å²) in [6.07, 6.45) is 3.22. The summed E-state index contributed by atoms with van der Waals surface area (Å²) >= 11 is 12.3. The molecule has 0 unspecified atom stereocenters. The van der Waals surface area contributed by atoms with Crippen molar-refractivity contribution in [1.29, 1.82) is 0 Å². The van der Waals surface area contributed by atoms with E-state index < -0.39 is 9.85 Å². The number of nitrogens with zero attached hydrogens (tertiary/aromatic N) is 2. The van der Waals surface area contributed by atoms with Gasteiger partial charge in [0.05, 0.1) is 14.9 Å². The number of nitro benzene ring substituents is 2. The normalized spacial score (nSPS) is 10.6. The highest BCUT2D eigenvalue weighted by molar-refractivity contribution is 9.10. The fourth-order valence-electron chi connectivity index (χ4n) is 2.55. The summed E-state index contributed by atoms with van der Waals surface area (Å²) in [7, 11) is 0. The molecule has 4 aromatic rings. The van der Waals surface area contributed by atoms with Crippen LogP contribution in [0.3, 0.4) is 0 Å². The van der Waals surface area contributed by atoms with E-state index in [-0.39, 0.29) is 11.4 Å². The molecule has 0 amide bonds. The third kappa shape index (κ3) is 3.97. The molecule has 2 heterocycles. The maximum Gasteiger partial charge on any atom is 0.294 e. The number of non-ortho nitro benzene ring substituents is 2. The highest BCUT2D eigenvalue weighted by Gasteiger charge is 2.16. The van der Waals surface area contributed by atoms with Gasteiger partial charge in [0.2, 0.25) is 0 Å². The maximum atomic E-state index is 10.7. The Morgan fingerprint density at radius 2 is 1.48 bits per heavy atom. The Bertz CT molecular complexity index is 1190. The molecule has 0 radical (unpaired) electrons. The van der Waals surface area contributed by atoms with E-state index in [4.69, 9.17) is 11.6 Å². The molecule has 0 saturated carbocycles. The minimum Gasteiger partial charge on any atom is -0.356 e. The first-order valence-corrected chi connectivity index (χ1v) is 9.26. The van der Waals surface area contributed by atoms with Crippen molar-refractivity contribution in [3.63, 3.8) is 0 Å². The number of aromatic nitrogens is 2. The Morgan fingerprint density at radius 1 is 0.889 bits per heavy atom. The zero-order valence-corrected chi connectivity index (χ0v) is 17.1. The smallest absolute Gasteiger partial charge is 0.294 e. The molecule has 2 N–H and O–H groups in total. The first-order chi connectivity index (χ1) is 12.8. The second-order valence-corrected chi connectivity index (χ2v) is 7.60. The zero-order chi connectivity index (χ0) is 19.7. The predicted molar refractivity (Wildman–Crippen MR) is 110 cm³/mol. The summed E-state index contributed by atoms with van der Waals surface area (Å²) in [4.78, 5) is 26.1. The minimum absolute atomic E-state index is 0.0151. The highest BCUT2D eigenvalue weighted by Crippen LogP contribution is 2.33. The van der Waals surface area contributed by atoms with Gasteiger partial charge >= 0.3 is 0 Å². The molecule has 0 aliphatic heterocycles. The zero-order valence-electron chi connectivity index (χ0n) is 13.2. The molecule has 0 spiro atoms. The number of nitrogens with one attached hydrogen (secondary N) is 2. The average Bonchev–Trinajstić information content (AvgIpc) is 3.21. The van der Waals surface area contributed by atoms with Gasteiger partial charge < -0.3 is 9.97 Å². The van der Waals surface area contributed by atoms with Crippen LogP contribution in [0.5, 0.6) is 0 Å². The molecule has 138 valence electrons. The number of hydrogen-bond acceptors (Lipinski definition) is 4. The second-order valence-electron chi connectivity index (χ2n) is 5.37. The van der Waals surface area contributed by atoms with Crippen molar-refractivity contribution in [2.24, 2.45) is 0 Å². The fraction of sp³-hybridized carbons (Fsp3) is 0. The van der Waals surface area contributed by atoms with Crippen LogP contribution in [0, 0.1) is 20.2 Å². The van der Waals surface area contributed by atoms with Crippen LogP contribution in [0.2, 0.25) is 5.02 Å². The second kappa shape index (κ2) is 7.67. The molecule has 4 rings (SSSR count). The van der Waals surface area contributed by atoms with Crippen molar-refractivity contribution < 1.29 is 9.85 Å². The van der Waals surface area contributed by atoms with Gasteiger partial charge in [-0.2, -0.15) is 0 Å². The third-order valence-corrected chi connectivity index (χ3v) is 4.91. The Balaban J connectivity index is 0.000000156. The van der Waals surface area contributed by atoms with Gasteiger partial charge in [-0.3, -0.25) is 20.2 Å². The topological polar surface area (TPSA) is 118 Å². The molecule has 0 fully saturated rings. The van der Waals surface area contributed by atoms with Crippen molar-refractivity contribution >= 4 is 76.6 Å². The van der Waals surface area contributed by atoms with Crippen molar-refractivity contribution in [2.75, 3.05) is 0 Å². The van der Waals surface area contributed by atoms with E-state index in [1.165, 1.54) is 18.3 Å². The molecule has 2 aromatic heterocycles. The summed E-state index contributed by atoms with van der Waals surface area (Å²) in [5, 5.41) is 23.3. The quantitative estimate of drug-likeness (QED) is 0.239. The molecule has 0 bridgehead atoms. The lowest BCUT2D eigenvalue weighted by molar-refractivity contribution is -0.383. The largest absolute Gasteiger partial charge is 0.356 e. The number of hydrogen-bond donors (Lipinski definition) is 2. The maximum absolute atomic E-state index is 10.7. The summed E-state index contributed by atoms with van der Waals surface area (Å²) in [5.41, 5.74) is 1.12. The summed E-state index contributed by atoms with van der Waals surface area (Å²) in [5.74, 6) is 0.